The first-order valence-electron chi connectivity index (χ1n) is 5.65. The number of hydrogen-bond acceptors (Lipinski definition) is 3. The molecule has 1 aliphatic heterocycles. The standard InChI is InChI=1S/C12H15BrFNO2/c13-10-4-8(7-16)5-11(12(10)14)15-6-9-2-1-3-17-9/h4-5,9,15-16H,1-3,6-7H2/t9-/m1/s1. The normalized spacial score (nSPS) is 19.6. The fourth-order valence-electron chi connectivity index (χ4n) is 1.89. The molecule has 94 valence electrons. The third kappa shape index (κ3) is 3.18. The number of halogens is 2. The van der Waals surface area contributed by atoms with E-state index in [0.717, 1.165) is 19.4 Å². The molecule has 3 nitrogen and oxygen atoms in total. The van der Waals surface area contributed by atoms with Crippen LogP contribution in [0.3, 0.4) is 0 Å². The summed E-state index contributed by atoms with van der Waals surface area (Å²) in [5.74, 6) is -0.333. The molecular weight excluding hydrogens is 289 g/mol. The first-order valence-corrected chi connectivity index (χ1v) is 6.44. The average Bonchev–Trinajstić information content (AvgIpc) is 2.84. The van der Waals surface area contributed by atoms with Gasteiger partial charge in [0.05, 0.1) is 22.9 Å². The largest absolute Gasteiger partial charge is 0.392 e. The third-order valence-corrected chi connectivity index (χ3v) is 3.39. The highest BCUT2D eigenvalue weighted by Crippen LogP contribution is 2.26. The summed E-state index contributed by atoms with van der Waals surface area (Å²) >= 11 is 3.13. The molecule has 0 spiro atoms. The molecule has 1 aliphatic rings. The van der Waals surface area contributed by atoms with Crippen molar-refractivity contribution in [2.75, 3.05) is 18.5 Å². The van der Waals surface area contributed by atoms with Gasteiger partial charge in [-0.15, -0.1) is 0 Å². The van der Waals surface area contributed by atoms with E-state index in [2.05, 4.69) is 21.2 Å². The van der Waals surface area contributed by atoms with Gasteiger partial charge in [-0.25, -0.2) is 4.39 Å². The highest BCUT2D eigenvalue weighted by Gasteiger charge is 2.16. The number of anilines is 1. The Hall–Kier alpha value is -0.650. The summed E-state index contributed by atoms with van der Waals surface area (Å²) in [4.78, 5) is 0. The fourth-order valence-corrected chi connectivity index (χ4v) is 2.40. The van der Waals surface area contributed by atoms with E-state index in [9.17, 15) is 4.39 Å². The minimum Gasteiger partial charge on any atom is -0.392 e. The number of aliphatic hydroxyl groups is 1. The molecule has 0 unspecified atom stereocenters. The van der Waals surface area contributed by atoms with Crippen LogP contribution in [0, 0.1) is 5.82 Å². The topological polar surface area (TPSA) is 41.5 Å². The van der Waals surface area contributed by atoms with E-state index in [1.807, 2.05) is 0 Å². The molecule has 0 saturated carbocycles. The molecule has 17 heavy (non-hydrogen) atoms. The number of rotatable bonds is 4. The van der Waals surface area contributed by atoms with Crippen molar-refractivity contribution in [3.63, 3.8) is 0 Å². The molecule has 1 fully saturated rings. The number of benzene rings is 1. The maximum Gasteiger partial charge on any atom is 0.160 e. The highest BCUT2D eigenvalue weighted by atomic mass is 79.9. The molecular formula is C12H15BrFNO2. The van der Waals surface area contributed by atoms with Gasteiger partial charge in [-0.2, -0.15) is 0 Å². The second kappa shape index (κ2) is 5.80. The van der Waals surface area contributed by atoms with Crippen LogP contribution in [0.4, 0.5) is 10.1 Å². The van der Waals surface area contributed by atoms with E-state index >= 15 is 0 Å². The van der Waals surface area contributed by atoms with E-state index in [1.165, 1.54) is 0 Å². The molecule has 2 N–H and O–H groups in total. The molecule has 1 saturated heterocycles. The highest BCUT2D eigenvalue weighted by molar-refractivity contribution is 9.10. The van der Waals surface area contributed by atoms with Crippen LogP contribution in [0.5, 0.6) is 0 Å². The lowest BCUT2D eigenvalue weighted by Gasteiger charge is -2.14. The van der Waals surface area contributed by atoms with Crippen LogP contribution >= 0.6 is 15.9 Å². The van der Waals surface area contributed by atoms with E-state index in [4.69, 9.17) is 9.84 Å². The Kier molecular flexibility index (Phi) is 4.36. The lowest BCUT2D eigenvalue weighted by atomic mass is 10.2. The van der Waals surface area contributed by atoms with E-state index in [-0.39, 0.29) is 18.5 Å². The van der Waals surface area contributed by atoms with Gasteiger partial charge in [-0.05, 0) is 46.5 Å². The summed E-state index contributed by atoms with van der Waals surface area (Å²) in [6, 6.07) is 3.20. The van der Waals surface area contributed by atoms with Crippen LogP contribution in [0.2, 0.25) is 0 Å². The van der Waals surface area contributed by atoms with Crippen molar-refractivity contribution in [2.24, 2.45) is 0 Å². The van der Waals surface area contributed by atoms with Gasteiger partial charge in [0, 0.05) is 13.2 Å². The number of hydrogen-bond donors (Lipinski definition) is 2. The molecule has 1 aromatic carbocycles. The third-order valence-electron chi connectivity index (χ3n) is 2.81. The van der Waals surface area contributed by atoms with Gasteiger partial charge in [-0.1, -0.05) is 0 Å². The Morgan fingerprint density at radius 2 is 2.35 bits per heavy atom. The predicted octanol–water partition coefficient (Wildman–Crippen LogP) is 2.67. The van der Waals surface area contributed by atoms with Crippen molar-refractivity contribution >= 4 is 21.6 Å². The zero-order valence-electron chi connectivity index (χ0n) is 9.38. The van der Waals surface area contributed by atoms with Crippen LogP contribution in [-0.2, 0) is 11.3 Å². The van der Waals surface area contributed by atoms with Crippen LogP contribution in [0.25, 0.3) is 0 Å². The molecule has 5 heteroatoms. The second-order valence-corrected chi connectivity index (χ2v) is 4.97. The van der Waals surface area contributed by atoms with Crippen LogP contribution in [-0.4, -0.2) is 24.4 Å². The summed E-state index contributed by atoms with van der Waals surface area (Å²) in [7, 11) is 0. The van der Waals surface area contributed by atoms with Gasteiger partial charge in [0.1, 0.15) is 0 Å². The summed E-state index contributed by atoms with van der Waals surface area (Å²) in [6.07, 6.45) is 2.23. The van der Waals surface area contributed by atoms with E-state index in [0.29, 0.717) is 22.3 Å². The zero-order valence-corrected chi connectivity index (χ0v) is 11.0. The van der Waals surface area contributed by atoms with Gasteiger partial charge < -0.3 is 15.2 Å². The Bertz CT molecular complexity index is 394. The summed E-state index contributed by atoms with van der Waals surface area (Å²) in [6.45, 7) is 1.28. The molecule has 1 aromatic rings. The maximum absolute atomic E-state index is 13.8. The average molecular weight is 304 g/mol. The first-order chi connectivity index (χ1) is 8.20. The summed E-state index contributed by atoms with van der Waals surface area (Å²) in [5, 5.41) is 12.1. The van der Waals surface area contributed by atoms with Crippen molar-refractivity contribution < 1.29 is 14.2 Å². The monoisotopic (exact) mass is 303 g/mol. The fraction of sp³-hybridized carbons (Fsp3) is 0.500. The van der Waals surface area contributed by atoms with Gasteiger partial charge >= 0.3 is 0 Å². The van der Waals surface area contributed by atoms with Gasteiger partial charge in [0.2, 0.25) is 0 Å². The second-order valence-electron chi connectivity index (χ2n) is 4.11. The van der Waals surface area contributed by atoms with Crippen LogP contribution < -0.4 is 5.32 Å². The molecule has 2 rings (SSSR count). The number of aliphatic hydroxyl groups excluding tert-OH is 1. The van der Waals surface area contributed by atoms with Gasteiger partial charge in [0.15, 0.2) is 5.82 Å². The van der Waals surface area contributed by atoms with E-state index in [1.54, 1.807) is 12.1 Å². The summed E-state index contributed by atoms with van der Waals surface area (Å²) in [5.41, 5.74) is 1.08. The zero-order chi connectivity index (χ0) is 12.3. The smallest absolute Gasteiger partial charge is 0.160 e. The van der Waals surface area contributed by atoms with Crippen LogP contribution in [0.15, 0.2) is 16.6 Å². The SMILES string of the molecule is OCc1cc(Br)c(F)c(NC[C@H]2CCCO2)c1. The van der Waals surface area contributed by atoms with Gasteiger partial charge in [-0.3, -0.25) is 0 Å². The Morgan fingerprint density at radius 3 is 3.00 bits per heavy atom. The lowest BCUT2D eigenvalue weighted by molar-refractivity contribution is 0.120. The number of nitrogens with one attached hydrogen (secondary N) is 1. The molecule has 0 aromatic heterocycles. The summed E-state index contributed by atoms with van der Waals surface area (Å²) < 4.78 is 19.6. The van der Waals surface area contributed by atoms with Crippen molar-refractivity contribution in [1.82, 2.24) is 0 Å². The van der Waals surface area contributed by atoms with Crippen molar-refractivity contribution in [3.05, 3.63) is 28.0 Å². The van der Waals surface area contributed by atoms with Crippen molar-refractivity contribution in [3.8, 4) is 0 Å². The Labute approximate surface area is 108 Å². The molecule has 0 radical (unpaired) electrons. The lowest BCUT2D eigenvalue weighted by Crippen LogP contribution is -2.19. The van der Waals surface area contributed by atoms with Crippen molar-refractivity contribution in [1.29, 1.82) is 0 Å². The molecule has 0 amide bonds. The molecule has 0 bridgehead atoms. The maximum atomic E-state index is 13.8. The number of ether oxygens (including phenoxy) is 1. The molecule has 1 atom stereocenters. The van der Waals surface area contributed by atoms with E-state index < -0.39 is 0 Å². The quantitative estimate of drug-likeness (QED) is 0.898. The first kappa shape index (κ1) is 12.8. The van der Waals surface area contributed by atoms with Gasteiger partial charge in [0.25, 0.3) is 0 Å². The predicted molar refractivity (Wildman–Crippen MR) is 67.5 cm³/mol. The molecule has 1 heterocycles. The minimum atomic E-state index is -0.333. The minimum absolute atomic E-state index is 0.104. The Morgan fingerprint density at radius 1 is 1.53 bits per heavy atom. The molecule has 0 aliphatic carbocycles. The Balaban J connectivity index is 2.05. The van der Waals surface area contributed by atoms with Crippen molar-refractivity contribution in [2.45, 2.75) is 25.6 Å². The van der Waals surface area contributed by atoms with Crippen LogP contribution in [0.1, 0.15) is 18.4 Å².